The van der Waals surface area contributed by atoms with E-state index in [1.54, 1.807) is 0 Å². The van der Waals surface area contributed by atoms with Crippen LogP contribution in [-0.4, -0.2) is 26.0 Å². The Morgan fingerprint density at radius 3 is 2.97 bits per heavy atom. The second kappa shape index (κ2) is 8.85. The van der Waals surface area contributed by atoms with Gasteiger partial charge in [0.05, 0.1) is 21.8 Å². The van der Waals surface area contributed by atoms with Crippen LogP contribution in [0.1, 0.15) is 23.7 Å². The molecule has 0 aliphatic carbocycles. The molecule has 154 valence electrons. The normalized spacial score (nSPS) is 11.2. The molecule has 0 fully saturated rings. The van der Waals surface area contributed by atoms with Crippen molar-refractivity contribution in [3.63, 3.8) is 0 Å². The molecule has 2 aromatic heterocycles. The highest BCUT2D eigenvalue weighted by molar-refractivity contribution is 7.98. The van der Waals surface area contributed by atoms with Crippen LogP contribution < -0.4 is 5.32 Å². The van der Waals surface area contributed by atoms with Gasteiger partial charge in [-0.3, -0.25) is 4.79 Å². The maximum Gasteiger partial charge on any atom is 0.227 e. The third-order valence-corrected chi connectivity index (χ3v) is 5.39. The first-order chi connectivity index (χ1) is 14.5. The lowest BCUT2D eigenvalue weighted by Gasteiger charge is -2.04. The largest absolute Gasteiger partial charge is 0.339 e. The van der Waals surface area contributed by atoms with E-state index < -0.39 is 5.82 Å². The smallest absolute Gasteiger partial charge is 0.227 e. The topological polar surface area (TPSA) is 96.7 Å². The second-order valence-electron chi connectivity index (χ2n) is 6.63. The second-order valence-corrected chi connectivity index (χ2v) is 8.00. The van der Waals surface area contributed by atoms with Crippen molar-refractivity contribution in [3.05, 3.63) is 64.5 Å². The Bertz CT molecular complexity index is 1210. The number of aromatic nitrogens is 4. The summed E-state index contributed by atoms with van der Waals surface area (Å²) < 4.78 is 18.4. The van der Waals surface area contributed by atoms with E-state index in [0.29, 0.717) is 29.6 Å². The minimum absolute atomic E-state index is 0.0496. The van der Waals surface area contributed by atoms with Gasteiger partial charge in [-0.15, -0.1) is 0 Å². The molecular formula is C20H17ClFN5O2S. The summed E-state index contributed by atoms with van der Waals surface area (Å²) in [4.78, 5) is 24.1. The number of thioether (sulfide) groups is 1. The van der Waals surface area contributed by atoms with Gasteiger partial charge < -0.3 is 14.8 Å². The van der Waals surface area contributed by atoms with Crippen molar-refractivity contribution in [2.24, 2.45) is 0 Å². The number of hydrogen-bond donors (Lipinski definition) is 2. The number of benzene rings is 2. The van der Waals surface area contributed by atoms with Crippen LogP contribution in [0.2, 0.25) is 5.02 Å². The number of nitrogens with zero attached hydrogens (tertiary/aromatic N) is 3. The van der Waals surface area contributed by atoms with Gasteiger partial charge in [0.2, 0.25) is 11.8 Å². The van der Waals surface area contributed by atoms with Crippen molar-refractivity contribution in [2.75, 3.05) is 5.32 Å². The first kappa shape index (κ1) is 20.4. The molecule has 0 spiro atoms. The number of aryl methyl sites for hydroxylation is 2. The van der Waals surface area contributed by atoms with Crippen molar-refractivity contribution < 1.29 is 13.7 Å². The van der Waals surface area contributed by atoms with E-state index in [4.69, 9.17) is 16.1 Å². The van der Waals surface area contributed by atoms with Gasteiger partial charge >= 0.3 is 0 Å². The molecule has 2 heterocycles. The number of nitrogens with one attached hydrogen (secondary N) is 2. The zero-order chi connectivity index (χ0) is 21.1. The van der Waals surface area contributed by atoms with Crippen LogP contribution in [0.5, 0.6) is 0 Å². The van der Waals surface area contributed by atoms with Crippen molar-refractivity contribution >= 4 is 46.0 Å². The molecule has 0 saturated carbocycles. The molecule has 4 rings (SSSR count). The van der Waals surface area contributed by atoms with Crippen LogP contribution >= 0.6 is 23.4 Å². The SMILES string of the molecule is Cc1ccc2nc(SCc3noc(CCC(=O)Nc4ccc(F)c(Cl)c4)n3)[nH]c2c1. The number of rotatable bonds is 7. The van der Waals surface area contributed by atoms with Crippen LogP contribution in [0.25, 0.3) is 11.0 Å². The maximum atomic E-state index is 13.2. The van der Waals surface area contributed by atoms with Gasteiger partial charge in [0.15, 0.2) is 11.0 Å². The lowest BCUT2D eigenvalue weighted by molar-refractivity contribution is -0.116. The summed E-state index contributed by atoms with van der Waals surface area (Å²) in [5, 5.41) is 7.32. The molecule has 4 aromatic rings. The number of carbonyl (C=O) groups excluding carboxylic acids is 1. The molecule has 0 atom stereocenters. The number of imidazole rings is 1. The van der Waals surface area contributed by atoms with Crippen LogP contribution in [0.4, 0.5) is 10.1 Å². The number of halogens is 2. The summed E-state index contributed by atoms with van der Waals surface area (Å²) >= 11 is 7.18. The monoisotopic (exact) mass is 445 g/mol. The molecule has 2 N–H and O–H groups in total. The summed E-state index contributed by atoms with van der Waals surface area (Å²) in [5.41, 5.74) is 3.48. The standard InChI is InChI=1S/C20H17ClFN5O2S/c1-11-2-5-15-16(8-11)25-20(24-15)30-10-17-26-19(29-27-17)7-6-18(28)23-12-3-4-14(22)13(21)9-12/h2-5,8-9H,6-7,10H2,1H3,(H,23,28)(H,24,25). The predicted octanol–water partition coefficient (Wildman–Crippen LogP) is 4.91. The van der Waals surface area contributed by atoms with Crippen LogP contribution in [0.15, 0.2) is 46.1 Å². The van der Waals surface area contributed by atoms with E-state index in [2.05, 4.69) is 25.4 Å². The predicted molar refractivity (Wildman–Crippen MR) is 113 cm³/mol. The van der Waals surface area contributed by atoms with Crippen molar-refractivity contribution in [1.82, 2.24) is 20.1 Å². The minimum atomic E-state index is -0.538. The Balaban J connectivity index is 1.28. The molecule has 0 aliphatic rings. The van der Waals surface area contributed by atoms with Gasteiger partial charge in [-0.2, -0.15) is 4.98 Å². The van der Waals surface area contributed by atoms with Crippen LogP contribution in [0, 0.1) is 12.7 Å². The van der Waals surface area contributed by atoms with E-state index in [0.717, 1.165) is 21.8 Å². The minimum Gasteiger partial charge on any atom is -0.339 e. The van der Waals surface area contributed by atoms with Crippen molar-refractivity contribution in [1.29, 1.82) is 0 Å². The number of aromatic amines is 1. The number of carbonyl (C=O) groups is 1. The fraction of sp³-hybridized carbons (Fsp3) is 0.200. The lowest BCUT2D eigenvalue weighted by Crippen LogP contribution is -2.12. The molecule has 0 unspecified atom stereocenters. The maximum absolute atomic E-state index is 13.2. The Morgan fingerprint density at radius 2 is 2.13 bits per heavy atom. The first-order valence-electron chi connectivity index (χ1n) is 9.12. The van der Waals surface area contributed by atoms with Gasteiger partial charge in [-0.05, 0) is 42.8 Å². The average molecular weight is 446 g/mol. The van der Waals surface area contributed by atoms with Crippen molar-refractivity contribution in [3.8, 4) is 0 Å². The lowest BCUT2D eigenvalue weighted by atomic mass is 10.2. The Morgan fingerprint density at radius 1 is 1.27 bits per heavy atom. The Labute approximate surface area is 180 Å². The molecule has 30 heavy (non-hydrogen) atoms. The summed E-state index contributed by atoms with van der Waals surface area (Å²) in [7, 11) is 0. The highest BCUT2D eigenvalue weighted by atomic mass is 35.5. The average Bonchev–Trinajstić information content (AvgIpc) is 3.33. The zero-order valence-corrected chi connectivity index (χ0v) is 17.5. The molecule has 1 amide bonds. The van der Waals surface area contributed by atoms with Gasteiger partial charge in [-0.1, -0.05) is 34.6 Å². The Kier molecular flexibility index (Phi) is 6.01. The molecule has 0 bridgehead atoms. The summed E-state index contributed by atoms with van der Waals surface area (Å²) in [6, 6.07) is 10.0. The van der Waals surface area contributed by atoms with Crippen LogP contribution in [0.3, 0.4) is 0 Å². The fourth-order valence-electron chi connectivity index (χ4n) is 2.77. The third kappa shape index (κ3) is 4.98. The van der Waals surface area contributed by atoms with Crippen LogP contribution in [-0.2, 0) is 17.0 Å². The first-order valence-corrected chi connectivity index (χ1v) is 10.5. The van der Waals surface area contributed by atoms with E-state index in [-0.39, 0.29) is 17.4 Å². The van der Waals surface area contributed by atoms with E-state index in [1.165, 1.54) is 30.0 Å². The summed E-state index contributed by atoms with van der Waals surface area (Å²) in [5.74, 6) is 0.589. The number of hydrogen-bond acceptors (Lipinski definition) is 6. The zero-order valence-electron chi connectivity index (χ0n) is 15.9. The highest BCUT2D eigenvalue weighted by Gasteiger charge is 2.12. The summed E-state index contributed by atoms with van der Waals surface area (Å²) in [6.07, 6.45) is 0.440. The molecule has 10 heteroatoms. The quantitative estimate of drug-likeness (QED) is 0.392. The van der Waals surface area contributed by atoms with E-state index >= 15 is 0 Å². The molecule has 2 aromatic carbocycles. The van der Waals surface area contributed by atoms with E-state index in [9.17, 15) is 9.18 Å². The molecule has 7 nitrogen and oxygen atoms in total. The van der Waals surface area contributed by atoms with Gasteiger partial charge in [0.1, 0.15) is 5.82 Å². The van der Waals surface area contributed by atoms with Crippen molar-refractivity contribution in [2.45, 2.75) is 30.7 Å². The fourth-order valence-corrected chi connectivity index (χ4v) is 3.68. The number of H-pyrrole nitrogens is 1. The van der Waals surface area contributed by atoms with Gasteiger partial charge in [0, 0.05) is 18.5 Å². The molecule has 0 radical (unpaired) electrons. The van der Waals surface area contributed by atoms with Gasteiger partial charge in [0.25, 0.3) is 0 Å². The molecule has 0 aliphatic heterocycles. The molecule has 0 saturated heterocycles. The Hall–Kier alpha value is -2.91. The van der Waals surface area contributed by atoms with E-state index in [1.807, 2.05) is 25.1 Å². The molecular weight excluding hydrogens is 429 g/mol. The highest BCUT2D eigenvalue weighted by Crippen LogP contribution is 2.23. The summed E-state index contributed by atoms with van der Waals surface area (Å²) in [6.45, 7) is 2.03. The third-order valence-electron chi connectivity index (χ3n) is 4.23. The van der Waals surface area contributed by atoms with Gasteiger partial charge in [-0.25, -0.2) is 9.37 Å². The number of amides is 1. The number of anilines is 1. The number of fused-ring (bicyclic) bond motifs is 1.